The van der Waals surface area contributed by atoms with E-state index in [9.17, 15) is 4.79 Å². The lowest BCUT2D eigenvalue weighted by molar-refractivity contribution is 0.0951. The van der Waals surface area contributed by atoms with Crippen LogP contribution < -0.4 is 11.1 Å². The second-order valence-electron chi connectivity index (χ2n) is 1.93. The van der Waals surface area contributed by atoms with E-state index in [0.29, 0.717) is 6.54 Å². The Hall–Kier alpha value is -1.52. The third-order valence-electron chi connectivity index (χ3n) is 1.09. The van der Waals surface area contributed by atoms with E-state index in [1.54, 1.807) is 0 Å². The molecule has 0 aliphatic carbocycles. The molecule has 5 heteroatoms. The number of hydrogen-bond donors (Lipinski definition) is 2. The van der Waals surface area contributed by atoms with Gasteiger partial charge >= 0.3 is 0 Å². The second kappa shape index (κ2) is 3.05. The van der Waals surface area contributed by atoms with E-state index < -0.39 is 0 Å². The number of nitrogens with zero attached hydrogens (tertiary/aromatic N) is 1. The first-order valence-corrected chi connectivity index (χ1v) is 3.23. The lowest BCUT2D eigenvalue weighted by atomic mass is 10.4. The molecule has 5 nitrogen and oxygen atoms in total. The van der Waals surface area contributed by atoms with E-state index in [2.05, 4.69) is 14.7 Å². The van der Waals surface area contributed by atoms with Crippen LogP contribution in [-0.4, -0.2) is 17.4 Å². The van der Waals surface area contributed by atoms with Crippen LogP contribution in [0.1, 0.15) is 17.4 Å². The van der Waals surface area contributed by atoms with Gasteiger partial charge in [0.25, 0.3) is 11.9 Å². The number of anilines is 1. The number of nitrogens with one attached hydrogen (secondary N) is 1. The first kappa shape index (κ1) is 7.59. The summed E-state index contributed by atoms with van der Waals surface area (Å²) in [5.41, 5.74) is 5.37. The number of nitrogen functional groups attached to an aromatic ring is 1. The van der Waals surface area contributed by atoms with Crippen LogP contribution in [0.25, 0.3) is 0 Å². The van der Waals surface area contributed by atoms with Crippen LogP contribution in [0, 0.1) is 0 Å². The molecule has 3 N–H and O–H groups in total. The maximum absolute atomic E-state index is 11.0. The summed E-state index contributed by atoms with van der Waals surface area (Å²) in [6.45, 7) is 2.38. The van der Waals surface area contributed by atoms with Crippen LogP contribution in [-0.2, 0) is 0 Å². The molecular weight excluding hydrogens is 146 g/mol. The molecule has 1 heterocycles. The molecular formula is C6H9N3O2. The molecule has 11 heavy (non-hydrogen) atoms. The van der Waals surface area contributed by atoms with E-state index in [1.807, 2.05) is 6.92 Å². The number of amides is 1. The molecule has 0 unspecified atom stereocenters. The molecule has 0 saturated carbocycles. The van der Waals surface area contributed by atoms with Gasteiger partial charge in [0, 0.05) is 6.54 Å². The Bertz CT molecular complexity index is 256. The fourth-order valence-electron chi connectivity index (χ4n) is 0.643. The lowest BCUT2D eigenvalue weighted by Gasteiger charge is -1.94. The number of carbonyl (C=O) groups is 1. The Kier molecular flexibility index (Phi) is 2.10. The average molecular weight is 155 g/mol. The van der Waals surface area contributed by atoms with Crippen molar-refractivity contribution in [3.63, 3.8) is 0 Å². The van der Waals surface area contributed by atoms with Crippen molar-refractivity contribution in [2.75, 3.05) is 12.3 Å². The number of oxazole rings is 1. The van der Waals surface area contributed by atoms with Gasteiger partial charge in [0.05, 0.1) is 0 Å². The zero-order valence-electron chi connectivity index (χ0n) is 6.13. The van der Waals surface area contributed by atoms with Gasteiger partial charge in [-0.15, -0.1) is 0 Å². The van der Waals surface area contributed by atoms with Gasteiger partial charge in [-0.25, -0.2) is 0 Å². The van der Waals surface area contributed by atoms with Gasteiger partial charge in [-0.05, 0) is 6.92 Å². The molecule has 1 aromatic rings. The van der Waals surface area contributed by atoms with E-state index in [0.717, 1.165) is 0 Å². The largest absolute Gasteiger partial charge is 0.431 e. The van der Waals surface area contributed by atoms with Crippen LogP contribution in [0.5, 0.6) is 0 Å². The van der Waals surface area contributed by atoms with Gasteiger partial charge in [-0.2, -0.15) is 4.98 Å². The molecule has 0 aromatic carbocycles. The van der Waals surface area contributed by atoms with E-state index >= 15 is 0 Å². The zero-order chi connectivity index (χ0) is 8.27. The van der Waals surface area contributed by atoms with Crippen molar-refractivity contribution >= 4 is 11.9 Å². The van der Waals surface area contributed by atoms with Crippen molar-refractivity contribution < 1.29 is 9.21 Å². The summed E-state index contributed by atoms with van der Waals surface area (Å²) in [5.74, 6) is -0.270. The Balaban J connectivity index is 2.69. The fraction of sp³-hybridized carbons (Fsp3) is 0.333. The molecule has 1 aromatic heterocycles. The van der Waals surface area contributed by atoms with Crippen LogP contribution in [0.4, 0.5) is 6.01 Å². The number of aromatic nitrogens is 1. The predicted octanol–water partition coefficient (Wildman–Crippen LogP) is 0.00650. The van der Waals surface area contributed by atoms with Crippen molar-refractivity contribution in [1.82, 2.24) is 10.3 Å². The SMILES string of the molecule is CCNC(=O)c1coc(N)n1. The first-order valence-electron chi connectivity index (χ1n) is 3.23. The zero-order valence-corrected chi connectivity index (χ0v) is 6.13. The third kappa shape index (κ3) is 1.70. The summed E-state index contributed by atoms with van der Waals surface area (Å²) in [4.78, 5) is 14.6. The highest BCUT2D eigenvalue weighted by molar-refractivity contribution is 5.92. The highest BCUT2D eigenvalue weighted by Gasteiger charge is 2.08. The molecule has 1 amide bonds. The Morgan fingerprint density at radius 3 is 3.09 bits per heavy atom. The minimum absolute atomic E-state index is 0.00579. The van der Waals surface area contributed by atoms with Crippen molar-refractivity contribution in [1.29, 1.82) is 0 Å². The molecule has 0 bridgehead atoms. The number of rotatable bonds is 2. The summed E-state index contributed by atoms with van der Waals surface area (Å²) in [6, 6.07) is 0.00579. The smallest absolute Gasteiger partial charge is 0.292 e. The lowest BCUT2D eigenvalue weighted by Crippen LogP contribution is -2.22. The molecule has 60 valence electrons. The minimum atomic E-state index is -0.270. The van der Waals surface area contributed by atoms with Gasteiger partial charge in [-0.3, -0.25) is 4.79 Å². The normalized spacial score (nSPS) is 9.55. The molecule has 0 saturated heterocycles. The molecule has 0 atom stereocenters. The summed E-state index contributed by atoms with van der Waals surface area (Å²) < 4.78 is 4.64. The van der Waals surface area contributed by atoms with Crippen molar-refractivity contribution in [3.05, 3.63) is 12.0 Å². The van der Waals surface area contributed by atoms with Crippen molar-refractivity contribution in [2.45, 2.75) is 6.92 Å². The Labute approximate surface area is 63.6 Å². The molecule has 1 rings (SSSR count). The summed E-state index contributed by atoms with van der Waals surface area (Å²) >= 11 is 0. The van der Waals surface area contributed by atoms with Gasteiger partial charge < -0.3 is 15.5 Å². The van der Waals surface area contributed by atoms with Gasteiger partial charge in [-0.1, -0.05) is 0 Å². The van der Waals surface area contributed by atoms with Gasteiger partial charge in [0.1, 0.15) is 6.26 Å². The van der Waals surface area contributed by atoms with Crippen LogP contribution in [0.2, 0.25) is 0 Å². The number of carbonyl (C=O) groups excluding carboxylic acids is 1. The topological polar surface area (TPSA) is 81.2 Å². The highest BCUT2D eigenvalue weighted by atomic mass is 16.4. The first-order chi connectivity index (χ1) is 5.24. The molecule has 0 fully saturated rings. The standard InChI is InChI=1S/C6H9N3O2/c1-2-8-5(10)4-3-11-6(7)9-4/h3H,2H2,1H3,(H2,7,9)(H,8,10). The monoisotopic (exact) mass is 155 g/mol. The van der Waals surface area contributed by atoms with Crippen LogP contribution >= 0.6 is 0 Å². The predicted molar refractivity (Wildman–Crippen MR) is 38.9 cm³/mol. The Morgan fingerprint density at radius 1 is 1.91 bits per heavy atom. The van der Waals surface area contributed by atoms with E-state index in [4.69, 9.17) is 5.73 Å². The molecule has 0 spiro atoms. The molecule has 0 aliphatic heterocycles. The minimum Gasteiger partial charge on any atom is -0.431 e. The number of nitrogens with two attached hydrogens (primary N) is 1. The second-order valence-corrected chi connectivity index (χ2v) is 1.93. The molecule has 0 radical (unpaired) electrons. The van der Waals surface area contributed by atoms with E-state index in [1.165, 1.54) is 6.26 Å². The summed E-state index contributed by atoms with van der Waals surface area (Å²) in [6.07, 6.45) is 1.22. The maximum atomic E-state index is 11.0. The summed E-state index contributed by atoms with van der Waals surface area (Å²) in [5, 5.41) is 2.56. The molecule has 0 aliphatic rings. The highest BCUT2D eigenvalue weighted by Crippen LogP contribution is 2.01. The van der Waals surface area contributed by atoms with Gasteiger partial charge in [0.15, 0.2) is 5.69 Å². The summed E-state index contributed by atoms with van der Waals surface area (Å²) in [7, 11) is 0. The van der Waals surface area contributed by atoms with Crippen LogP contribution in [0.15, 0.2) is 10.7 Å². The average Bonchev–Trinajstić information content (AvgIpc) is 2.36. The maximum Gasteiger partial charge on any atom is 0.292 e. The van der Waals surface area contributed by atoms with Crippen molar-refractivity contribution in [3.8, 4) is 0 Å². The van der Waals surface area contributed by atoms with Gasteiger partial charge in [0.2, 0.25) is 0 Å². The number of hydrogen-bond acceptors (Lipinski definition) is 4. The quantitative estimate of drug-likeness (QED) is 0.630. The van der Waals surface area contributed by atoms with Crippen molar-refractivity contribution in [2.24, 2.45) is 0 Å². The fourth-order valence-corrected chi connectivity index (χ4v) is 0.643. The van der Waals surface area contributed by atoms with E-state index in [-0.39, 0.29) is 17.6 Å². The third-order valence-corrected chi connectivity index (χ3v) is 1.09. The Morgan fingerprint density at radius 2 is 2.64 bits per heavy atom. The van der Waals surface area contributed by atoms with Crippen LogP contribution in [0.3, 0.4) is 0 Å².